The first-order valence-electron chi connectivity index (χ1n) is 7.45. The van der Waals surface area contributed by atoms with Crippen LogP contribution in [0.4, 0.5) is 5.13 Å². The van der Waals surface area contributed by atoms with E-state index in [0.717, 1.165) is 21.1 Å². The van der Waals surface area contributed by atoms with Crippen LogP contribution in [0.5, 0.6) is 5.75 Å². The van der Waals surface area contributed by atoms with E-state index < -0.39 is 0 Å². The van der Waals surface area contributed by atoms with E-state index in [-0.39, 0.29) is 5.91 Å². The lowest BCUT2D eigenvalue weighted by molar-refractivity contribution is 0.102. The van der Waals surface area contributed by atoms with Gasteiger partial charge in [0.15, 0.2) is 5.13 Å². The van der Waals surface area contributed by atoms with Crippen LogP contribution in [-0.2, 0) is 0 Å². The van der Waals surface area contributed by atoms with Crippen LogP contribution in [0, 0.1) is 0 Å². The number of carbonyl (C=O) groups is 1. The van der Waals surface area contributed by atoms with Gasteiger partial charge < -0.3 is 4.74 Å². The van der Waals surface area contributed by atoms with Crippen molar-refractivity contribution < 1.29 is 9.53 Å². The van der Waals surface area contributed by atoms with E-state index in [4.69, 9.17) is 16.3 Å². The number of anilines is 1. The maximum absolute atomic E-state index is 12.4. The van der Waals surface area contributed by atoms with Gasteiger partial charge in [-0.1, -0.05) is 35.1 Å². The Morgan fingerprint density at radius 1 is 1.20 bits per heavy atom. The molecule has 0 aliphatic rings. The predicted octanol–water partition coefficient (Wildman–Crippen LogP) is 4.76. The van der Waals surface area contributed by atoms with Crippen LogP contribution in [0.3, 0.4) is 0 Å². The number of nitrogens with one attached hydrogen (secondary N) is 1. The first-order valence-corrected chi connectivity index (χ1v) is 8.65. The van der Waals surface area contributed by atoms with Crippen molar-refractivity contribution in [3.8, 4) is 5.75 Å². The van der Waals surface area contributed by atoms with E-state index >= 15 is 0 Å². The molecule has 7 heteroatoms. The first-order chi connectivity index (χ1) is 12.2. The summed E-state index contributed by atoms with van der Waals surface area (Å²) in [5.74, 6) is 0.384. The predicted molar refractivity (Wildman–Crippen MR) is 101 cm³/mol. The zero-order valence-electron chi connectivity index (χ0n) is 13.1. The molecule has 25 heavy (non-hydrogen) atoms. The van der Waals surface area contributed by atoms with Gasteiger partial charge in [-0.3, -0.25) is 15.1 Å². The van der Waals surface area contributed by atoms with Crippen LogP contribution < -0.4 is 10.1 Å². The number of methoxy groups -OCH3 is 1. The van der Waals surface area contributed by atoms with Crippen LogP contribution in [0.1, 0.15) is 10.4 Å². The molecule has 1 amide bonds. The second-order valence-electron chi connectivity index (χ2n) is 5.28. The first kappa shape index (κ1) is 15.8. The van der Waals surface area contributed by atoms with Crippen molar-refractivity contribution in [3.05, 3.63) is 59.2 Å². The topological polar surface area (TPSA) is 64.1 Å². The molecule has 0 fully saturated rings. The van der Waals surface area contributed by atoms with Crippen molar-refractivity contribution in [2.45, 2.75) is 0 Å². The minimum Gasteiger partial charge on any atom is -0.494 e. The van der Waals surface area contributed by atoms with Gasteiger partial charge in [0.2, 0.25) is 0 Å². The van der Waals surface area contributed by atoms with Crippen LogP contribution in [0.25, 0.3) is 21.1 Å². The third-order valence-corrected chi connectivity index (χ3v) is 5.02. The molecular weight excluding hydrogens is 358 g/mol. The van der Waals surface area contributed by atoms with Crippen molar-refractivity contribution in [3.63, 3.8) is 0 Å². The number of thiazole rings is 1. The fourth-order valence-corrected chi connectivity index (χ4v) is 3.75. The smallest absolute Gasteiger partial charge is 0.258 e. The molecule has 0 atom stereocenters. The van der Waals surface area contributed by atoms with Crippen molar-refractivity contribution in [1.82, 2.24) is 9.97 Å². The third-order valence-electron chi connectivity index (χ3n) is 3.77. The summed E-state index contributed by atoms with van der Waals surface area (Å²) < 4.78 is 6.33. The molecule has 4 aromatic rings. The number of amides is 1. The molecular formula is C18H12ClN3O2S. The average Bonchev–Trinajstić information content (AvgIpc) is 3.03. The Bertz CT molecular complexity index is 1110. The highest BCUT2D eigenvalue weighted by Gasteiger charge is 2.16. The van der Waals surface area contributed by atoms with Gasteiger partial charge in [-0.25, -0.2) is 4.98 Å². The SMILES string of the molecule is COc1cc2sc(NC(=O)c3ccccc3Cl)nc2c2cccnc12. The number of rotatable bonds is 3. The highest BCUT2D eigenvalue weighted by Crippen LogP contribution is 2.36. The largest absolute Gasteiger partial charge is 0.494 e. The second kappa shape index (κ2) is 6.31. The minimum atomic E-state index is -0.293. The Morgan fingerprint density at radius 2 is 2.04 bits per heavy atom. The number of fused-ring (bicyclic) bond motifs is 3. The number of halogens is 1. The molecule has 1 N–H and O–H groups in total. The minimum absolute atomic E-state index is 0.293. The monoisotopic (exact) mass is 369 g/mol. The van der Waals surface area contributed by atoms with Crippen LogP contribution >= 0.6 is 22.9 Å². The Balaban J connectivity index is 1.78. The van der Waals surface area contributed by atoms with E-state index in [1.165, 1.54) is 11.3 Å². The molecule has 0 saturated carbocycles. The maximum Gasteiger partial charge on any atom is 0.258 e. The molecule has 124 valence electrons. The van der Waals surface area contributed by atoms with Gasteiger partial charge in [-0.2, -0.15) is 0 Å². The van der Waals surface area contributed by atoms with Crippen LogP contribution in [-0.4, -0.2) is 23.0 Å². The average molecular weight is 370 g/mol. The molecule has 0 radical (unpaired) electrons. The van der Waals surface area contributed by atoms with E-state index in [1.807, 2.05) is 18.2 Å². The number of pyridine rings is 1. The molecule has 0 aliphatic heterocycles. The number of ether oxygens (including phenoxy) is 1. The molecule has 0 aliphatic carbocycles. The lowest BCUT2D eigenvalue weighted by Gasteiger charge is -2.04. The van der Waals surface area contributed by atoms with Gasteiger partial charge >= 0.3 is 0 Å². The van der Waals surface area contributed by atoms with E-state index in [2.05, 4.69) is 15.3 Å². The molecule has 2 heterocycles. The maximum atomic E-state index is 12.4. The van der Waals surface area contributed by atoms with Gasteiger partial charge in [0, 0.05) is 17.6 Å². The molecule has 0 bridgehead atoms. The molecule has 0 saturated heterocycles. The fraction of sp³-hybridized carbons (Fsp3) is 0.0556. The number of hydrogen-bond donors (Lipinski definition) is 1. The molecule has 2 aromatic heterocycles. The van der Waals surface area contributed by atoms with Crippen molar-refractivity contribution in [1.29, 1.82) is 0 Å². The fourth-order valence-electron chi connectivity index (χ4n) is 2.62. The Morgan fingerprint density at radius 3 is 2.84 bits per heavy atom. The molecule has 0 unspecified atom stereocenters. The summed E-state index contributed by atoms with van der Waals surface area (Å²) >= 11 is 7.46. The Hall–Kier alpha value is -2.70. The standard InChI is InChI=1S/C18H12ClN3O2S/c1-24-13-9-14-16(11-6-4-8-20-15(11)13)21-18(25-14)22-17(23)10-5-2-3-7-12(10)19/h2-9H,1H3,(H,21,22,23). The van der Waals surface area contributed by atoms with Gasteiger partial charge in [0.05, 0.1) is 27.9 Å². The second-order valence-corrected chi connectivity index (χ2v) is 6.72. The summed E-state index contributed by atoms with van der Waals surface area (Å²) in [6.07, 6.45) is 1.71. The molecule has 5 nitrogen and oxygen atoms in total. The number of benzene rings is 2. The highest BCUT2D eigenvalue weighted by molar-refractivity contribution is 7.22. The third kappa shape index (κ3) is 2.79. The number of aromatic nitrogens is 2. The zero-order valence-corrected chi connectivity index (χ0v) is 14.7. The quantitative estimate of drug-likeness (QED) is 0.565. The van der Waals surface area contributed by atoms with Gasteiger partial charge in [-0.15, -0.1) is 0 Å². The van der Waals surface area contributed by atoms with Crippen molar-refractivity contribution in [2.75, 3.05) is 12.4 Å². The lowest BCUT2D eigenvalue weighted by atomic mass is 10.2. The van der Waals surface area contributed by atoms with Gasteiger partial charge in [0.1, 0.15) is 11.3 Å². The van der Waals surface area contributed by atoms with Gasteiger partial charge in [-0.05, 0) is 24.3 Å². The summed E-state index contributed by atoms with van der Waals surface area (Å²) in [7, 11) is 1.61. The van der Waals surface area contributed by atoms with Crippen molar-refractivity contribution in [2.24, 2.45) is 0 Å². The van der Waals surface area contributed by atoms with Crippen LogP contribution in [0.15, 0.2) is 48.7 Å². The lowest BCUT2D eigenvalue weighted by Crippen LogP contribution is -2.12. The van der Waals surface area contributed by atoms with Gasteiger partial charge in [0.25, 0.3) is 5.91 Å². The number of carbonyl (C=O) groups excluding carboxylic acids is 1. The Kier molecular flexibility index (Phi) is 3.99. The van der Waals surface area contributed by atoms with E-state index in [9.17, 15) is 4.79 Å². The highest BCUT2D eigenvalue weighted by atomic mass is 35.5. The Labute approximate surface area is 152 Å². The summed E-state index contributed by atoms with van der Waals surface area (Å²) in [6, 6.07) is 12.6. The zero-order chi connectivity index (χ0) is 17.4. The number of hydrogen-bond acceptors (Lipinski definition) is 5. The van der Waals surface area contributed by atoms with Crippen molar-refractivity contribution >= 4 is 55.1 Å². The molecule has 2 aromatic carbocycles. The molecule has 0 spiro atoms. The molecule has 4 rings (SSSR count). The van der Waals surface area contributed by atoms with Crippen LogP contribution in [0.2, 0.25) is 5.02 Å². The summed E-state index contributed by atoms with van der Waals surface area (Å²) in [6.45, 7) is 0. The summed E-state index contributed by atoms with van der Waals surface area (Å²) in [4.78, 5) is 21.4. The summed E-state index contributed by atoms with van der Waals surface area (Å²) in [5, 5.41) is 4.59. The van der Waals surface area contributed by atoms with E-state index in [0.29, 0.717) is 21.5 Å². The van der Waals surface area contributed by atoms with E-state index in [1.54, 1.807) is 37.6 Å². The summed E-state index contributed by atoms with van der Waals surface area (Å²) in [5.41, 5.74) is 1.93. The number of nitrogens with zero attached hydrogens (tertiary/aromatic N) is 2. The normalized spacial score (nSPS) is 11.0.